The molecule has 3 heteroatoms. The monoisotopic (exact) mass is 166 g/mol. The van der Waals surface area contributed by atoms with Gasteiger partial charge in [0.15, 0.2) is 0 Å². The summed E-state index contributed by atoms with van der Waals surface area (Å²) in [6.45, 7) is 0. The lowest BCUT2D eigenvalue weighted by Crippen LogP contribution is -2.42. The molecule has 1 fully saturated rings. The highest BCUT2D eigenvalue weighted by Gasteiger charge is 2.36. The number of urea groups is 1. The van der Waals surface area contributed by atoms with Crippen LogP contribution in [0, 0.1) is 11.8 Å². The predicted molar refractivity (Wildman–Crippen MR) is 46.7 cm³/mol. The predicted octanol–water partition coefficient (Wildman–Crippen LogP) is 0.880. The first-order chi connectivity index (χ1) is 5.79. The lowest BCUT2D eigenvalue weighted by molar-refractivity contribution is 0.237. The summed E-state index contributed by atoms with van der Waals surface area (Å²) < 4.78 is 0. The average molecular weight is 166 g/mol. The van der Waals surface area contributed by atoms with Gasteiger partial charge in [0, 0.05) is 13.1 Å². The molecule has 2 amide bonds. The first-order valence-corrected chi connectivity index (χ1v) is 4.46. The molecule has 2 N–H and O–H groups in total. The maximum Gasteiger partial charge on any atom is 0.314 e. The van der Waals surface area contributed by atoms with E-state index in [1.165, 1.54) is 6.42 Å². The molecule has 0 saturated heterocycles. The second-order valence-electron chi connectivity index (χ2n) is 3.61. The van der Waals surface area contributed by atoms with Gasteiger partial charge in [-0.2, -0.15) is 0 Å². The van der Waals surface area contributed by atoms with Gasteiger partial charge in [-0.1, -0.05) is 12.2 Å². The highest BCUT2D eigenvalue weighted by molar-refractivity contribution is 5.74. The van der Waals surface area contributed by atoms with Crippen LogP contribution >= 0.6 is 0 Å². The maximum atomic E-state index is 11.0. The molecule has 66 valence electrons. The van der Waals surface area contributed by atoms with Crippen molar-refractivity contribution in [2.45, 2.75) is 18.9 Å². The fourth-order valence-corrected chi connectivity index (χ4v) is 2.19. The van der Waals surface area contributed by atoms with Crippen LogP contribution < -0.4 is 10.6 Å². The number of nitrogens with one attached hydrogen (secondary N) is 2. The topological polar surface area (TPSA) is 41.1 Å². The molecule has 3 atom stereocenters. The van der Waals surface area contributed by atoms with E-state index in [1.807, 2.05) is 0 Å². The average Bonchev–Trinajstić information content (AvgIpc) is 2.64. The molecule has 12 heavy (non-hydrogen) atoms. The Morgan fingerprint density at radius 2 is 2.25 bits per heavy atom. The van der Waals surface area contributed by atoms with Crippen LogP contribution in [0.5, 0.6) is 0 Å². The summed E-state index contributed by atoms with van der Waals surface area (Å²) in [6, 6.07) is 0.320. The van der Waals surface area contributed by atoms with E-state index in [9.17, 15) is 4.79 Å². The molecule has 2 rings (SSSR count). The quantitative estimate of drug-likeness (QED) is 0.558. The van der Waals surface area contributed by atoms with Gasteiger partial charge in [-0.3, -0.25) is 0 Å². The summed E-state index contributed by atoms with van der Waals surface area (Å²) in [6.07, 6.45) is 6.85. The van der Waals surface area contributed by atoms with Crippen LogP contribution in [0.1, 0.15) is 12.8 Å². The van der Waals surface area contributed by atoms with Gasteiger partial charge in [-0.25, -0.2) is 4.79 Å². The molecule has 0 aromatic heterocycles. The molecule has 0 aromatic carbocycles. The van der Waals surface area contributed by atoms with Crippen molar-refractivity contribution < 1.29 is 4.79 Å². The summed E-state index contributed by atoms with van der Waals surface area (Å²) in [5.74, 6) is 1.31. The van der Waals surface area contributed by atoms with E-state index in [2.05, 4.69) is 22.8 Å². The third-order valence-corrected chi connectivity index (χ3v) is 2.82. The zero-order valence-corrected chi connectivity index (χ0v) is 7.21. The van der Waals surface area contributed by atoms with Crippen molar-refractivity contribution in [1.82, 2.24) is 10.6 Å². The number of amides is 2. The summed E-state index contributed by atoms with van der Waals surface area (Å²) in [7, 11) is 1.65. The fraction of sp³-hybridized carbons (Fsp3) is 0.667. The normalized spacial score (nSPS) is 36.9. The number of carbonyl (C=O) groups is 1. The molecular weight excluding hydrogens is 152 g/mol. The van der Waals surface area contributed by atoms with Gasteiger partial charge < -0.3 is 10.6 Å². The van der Waals surface area contributed by atoms with Gasteiger partial charge >= 0.3 is 6.03 Å². The highest BCUT2D eigenvalue weighted by atomic mass is 16.2. The molecule has 0 aromatic rings. The van der Waals surface area contributed by atoms with E-state index in [4.69, 9.17) is 0 Å². The van der Waals surface area contributed by atoms with E-state index >= 15 is 0 Å². The van der Waals surface area contributed by atoms with E-state index in [0.29, 0.717) is 12.0 Å². The van der Waals surface area contributed by atoms with Crippen LogP contribution in [-0.2, 0) is 0 Å². The van der Waals surface area contributed by atoms with Crippen molar-refractivity contribution in [2.75, 3.05) is 7.05 Å². The SMILES string of the molecule is CNC(=O)NC1CC2C=CC1C2. The van der Waals surface area contributed by atoms with Crippen molar-refractivity contribution in [1.29, 1.82) is 0 Å². The first-order valence-electron chi connectivity index (χ1n) is 4.46. The van der Waals surface area contributed by atoms with Crippen molar-refractivity contribution in [2.24, 2.45) is 11.8 Å². The summed E-state index contributed by atoms with van der Waals surface area (Å²) >= 11 is 0. The Balaban J connectivity index is 1.91. The van der Waals surface area contributed by atoms with Crippen LogP contribution in [0.3, 0.4) is 0 Å². The first kappa shape index (κ1) is 7.65. The number of allylic oxidation sites excluding steroid dienone is 1. The van der Waals surface area contributed by atoms with Gasteiger partial charge in [0.25, 0.3) is 0 Å². The Hall–Kier alpha value is -0.990. The number of hydrogen-bond donors (Lipinski definition) is 2. The number of rotatable bonds is 1. The smallest absolute Gasteiger partial charge is 0.314 e. The lowest BCUT2D eigenvalue weighted by Gasteiger charge is -2.19. The number of carbonyl (C=O) groups excluding carboxylic acids is 1. The minimum absolute atomic E-state index is 0.0547. The maximum absolute atomic E-state index is 11.0. The van der Waals surface area contributed by atoms with Crippen LogP contribution in [0.25, 0.3) is 0 Å². The summed E-state index contributed by atoms with van der Waals surface area (Å²) in [4.78, 5) is 11.0. The van der Waals surface area contributed by atoms with Crippen LogP contribution in [0.2, 0.25) is 0 Å². The molecule has 0 aliphatic heterocycles. The summed E-state index contributed by atoms with van der Waals surface area (Å²) in [5.41, 5.74) is 0. The second-order valence-corrected chi connectivity index (χ2v) is 3.61. The molecule has 1 saturated carbocycles. The molecule has 0 radical (unpaired) electrons. The van der Waals surface area contributed by atoms with Crippen LogP contribution in [-0.4, -0.2) is 19.1 Å². The molecule has 2 aliphatic rings. The molecule has 3 unspecified atom stereocenters. The molecule has 2 bridgehead atoms. The van der Waals surface area contributed by atoms with E-state index < -0.39 is 0 Å². The van der Waals surface area contributed by atoms with E-state index in [1.54, 1.807) is 7.05 Å². The van der Waals surface area contributed by atoms with Crippen molar-refractivity contribution in [3.63, 3.8) is 0 Å². The Kier molecular flexibility index (Phi) is 1.79. The Bertz CT molecular complexity index is 225. The van der Waals surface area contributed by atoms with Gasteiger partial charge in [-0.05, 0) is 24.7 Å². The van der Waals surface area contributed by atoms with Gasteiger partial charge in [0.05, 0.1) is 0 Å². The second kappa shape index (κ2) is 2.81. The van der Waals surface area contributed by atoms with Crippen LogP contribution in [0.4, 0.5) is 4.79 Å². The highest BCUT2D eigenvalue weighted by Crippen LogP contribution is 2.38. The largest absolute Gasteiger partial charge is 0.341 e. The standard InChI is InChI=1S/C9H14N2O/c1-10-9(12)11-8-5-6-2-3-7(8)4-6/h2-3,6-8H,4-5H2,1H3,(H2,10,11,12). The number of fused-ring (bicyclic) bond motifs is 2. The summed E-state index contributed by atoms with van der Waals surface area (Å²) in [5, 5.41) is 5.54. The van der Waals surface area contributed by atoms with Crippen molar-refractivity contribution in [3.05, 3.63) is 12.2 Å². The van der Waals surface area contributed by atoms with Gasteiger partial charge in [-0.15, -0.1) is 0 Å². The Morgan fingerprint density at radius 3 is 2.75 bits per heavy atom. The van der Waals surface area contributed by atoms with E-state index in [0.717, 1.165) is 12.3 Å². The van der Waals surface area contributed by atoms with E-state index in [-0.39, 0.29) is 6.03 Å². The Labute approximate surface area is 72.2 Å². The minimum atomic E-state index is -0.0547. The Morgan fingerprint density at radius 1 is 1.42 bits per heavy atom. The zero-order valence-electron chi connectivity index (χ0n) is 7.21. The van der Waals surface area contributed by atoms with Crippen molar-refractivity contribution in [3.8, 4) is 0 Å². The van der Waals surface area contributed by atoms with Crippen LogP contribution in [0.15, 0.2) is 12.2 Å². The van der Waals surface area contributed by atoms with Gasteiger partial charge in [0.1, 0.15) is 0 Å². The fourth-order valence-electron chi connectivity index (χ4n) is 2.19. The lowest BCUT2D eigenvalue weighted by atomic mass is 10.0. The van der Waals surface area contributed by atoms with Crippen molar-refractivity contribution >= 4 is 6.03 Å². The minimum Gasteiger partial charge on any atom is -0.341 e. The molecule has 3 nitrogen and oxygen atoms in total. The third kappa shape index (κ3) is 1.19. The molecule has 2 aliphatic carbocycles. The van der Waals surface area contributed by atoms with Gasteiger partial charge in [0.2, 0.25) is 0 Å². The molecule has 0 spiro atoms. The molecule has 0 heterocycles. The molecular formula is C9H14N2O. The third-order valence-electron chi connectivity index (χ3n) is 2.82. The number of hydrogen-bond acceptors (Lipinski definition) is 1. The zero-order chi connectivity index (χ0) is 8.55.